The van der Waals surface area contributed by atoms with E-state index in [4.69, 9.17) is 10.5 Å². The van der Waals surface area contributed by atoms with Gasteiger partial charge in [-0.2, -0.15) is 0 Å². The first-order chi connectivity index (χ1) is 10.2. The third-order valence-electron chi connectivity index (χ3n) is 3.89. The van der Waals surface area contributed by atoms with E-state index in [-0.39, 0.29) is 24.4 Å². The van der Waals surface area contributed by atoms with E-state index in [2.05, 4.69) is 12.2 Å². The Hall–Kier alpha value is -1.26. The molecular formula is C17H27ClN2O2. The van der Waals surface area contributed by atoms with Gasteiger partial charge in [-0.25, -0.2) is 0 Å². The summed E-state index contributed by atoms with van der Waals surface area (Å²) in [5, 5.41) is 3.02. The molecule has 0 saturated heterocycles. The molecule has 1 atom stereocenters. The largest absolute Gasteiger partial charge is 0.494 e. The number of hydrogen-bond acceptors (Lipinski definition) is 3. The molecule has 124 valence electrons. The average Bonchev–Trinajstić information content (AvgIpc) is 3.34. The summed E-state index contributed by atoms with van der Waals surface area (Å²) in [6, 6.07) is 7.45. The number of hydrogen-bond donors (Lipinski definition) is 2. The number of halogens is 1. The molecule has 1 amide bonds. The molecule has 0 radical (unpaired) electrons. The molecule has 22 heavy (non-hydrogen) atoms. The van der Waals surface area contributed by atoms with Crippen LogP contribution in [-0.2, 0) is 0 Å². The highest BCUT2D eigenvalue weighted by Gasteiger charge is 2.31. The van der Waals surface area contributed by atoms with Crippen LogP contribution >= 0.6 is 12.4 Å². The molecule has 0 heterocycles. The molecular weight excluding hydrogens is 300 g/mol. The van der Waals surface area contributed by atoms with E-state index in [0.717, 1.165) is 18.8 Å². The fourth-order valence-electron chi connectivity index (χ4n) is 2.36. The van der Waals surface area contributed by atoms with Crippen molar-refractivity contribution in [2.75, 3.05) is 13.2 Å². The highest BCUT2D eigenvalue weighted by atomic mass is 35.5. The van der Waals surface area contributed by atoms with Crippen LogP contribution in [0.2, 0.25) is 0 Å². The molecule has 1 aliphatic rings. The molecule has 1 fully saturated rings. The van der Waals surface area contributed by atoms with Gasteiger partial charge in [0.1, 0.15) is 5.75 Å². The maximum absolute atomic E-state index is 12.1. The second kappa shape index (κ2) is 9.70. The van der Waals surface area contributed by atoms with Gasteiger partial charge in [0.2, 0.25) is 0 Å². The fourth-order valence-corrected chi connectivity index (χ4v) is 2.36. The van der Waals surface area contributed by atoms with Crippen LogP contribution in [0.1, 0.15) is 49.4 Å². The van der Waals surface area contributed by atoms with Crippen LogP contribution in [0.25, 0.3) is 0 Å². The zero-order chi connectivity index (χ0) is 15.1. The minimum atomic E-state index is -0.0464. The molecule has 1 unspecified atom stereocenters. The Kier molecular flexibility index (Phi) is 8.28. The first-order valence-electron chi connectivity index (χ1n) is 7.98. The lowest BCUT2D eigenvalue weighted by Crippen LogP contribution is -2.41. The Morgan fingerprint density at radius 1 is 1.32 bits per heavy atom. The normalized spacial score (nSPS) is 14.8. The Balaban J connectivity index is 0.00000242. The third-order valence-corrected chi connectivity index (χ3v) is 3.89. The monoisotopic (exact) mass is 326 g/mol. The van der Waals surface area contributed by atoms with Gasteiger partial charge in [-0.1, -0.05) is 19.8 Å². The van der Waals surface area contributed by atoms with Gasteiger partial charge in [-0.15, -0.1) is 12.4 Å². The van der Waals surface area contributed by atoms with Crippen LogP contribution in [0.4, 0.5) is 0 Å². The topological polar surface area (TPSA) is 64.3 Å². The number of carbonyl (C=O) groups excluding carboxylic acids is 1. The van der Waals surface area contributed by atoms with E-state index in [9.17, 15) is 4.79 Å². The predicted octanol–water partition coefficient (Wildman–Crippen LogP) is 3.14. The van der Waals surface area contributed by atoms with E-state index in [0.29, 0.717) is 18.0 Å². The lowest BCUT2D eigenvalue weighted by molar-refractivity contribution is 0.0933. The van der Waals surface area contributed by atoms with Crippen LogP contribution in [0, 0.1) is 5.92 Å². The van der Waals surface area contributed by atoms with Crippen molar-refractivity contribution in [3.63, 3.8) is 0 Å². The number of benzene rings is 1. The zero-order valence-corrected chi connectivity index (χ0v) is 14.0. The van der Waals surface area contributed by atoms with Gasteiger partial charge in [0.15, 0.2) is 0 Å². The number of ether oxygens (including phenoxy) is 1. The van der Waals surface area contributed by atoms with Crippen molar-refractivity contribution >= 4 is 18.3 Å². The summed E-state index contributed by atoms with van der Waals surface area (Å²) >= 11 is 0. The first-order valence-corrected chi connectivity index (χ1v) is 7.98. The fraction of sp³-hybridized carbons (Fsp3) is 0.588. The van der Waals surface area contributed by atoms with Crippen LogP contribution < -0.4 is 15.8 Å². The van der Waals surface area contributed by atoms with Crippen LogP contribution in [-0.4, -0.2) is 25.1 Å². The highest BCUT2D eigenvalue weighted by Crippen LogP contribution is 2.32. The maximum atomic E-state index is 12.1. The summed E-state index contributed by atoms with van der Waals surface area (Å²) in [6.45, 7) is 3.41. The minimum Gasteiger partial charge on any atom is -0.494 e. The molecule has 5 heteroatoms. The predicted molar refractivity (Wildman–Crippen MR) is 91.7 cm³/mol. The number of unbranched alkanes of at least 4 members (excludes halogenated alkanes) is 2. The van der Waals surface area contributed by atoms with E-state index in [1.165, 1.54) is 25.7 Å². The van der Waals surface area contributed by atoms with E-state index in [1.807, 2.05) is 24.3 Å². The quantitative estimate of drug-likeness (QED) is 0.685. The van der Waals surface area contributed by atoms with Crippen LogP contribution in [0.3, 0.4) is 0 Å². The number of rotatable bonds is 9. The second-order valence-electron chi connectivity index (χ2n) is 5.73. The van der Waals surface area contributed by atoms with Crippen LogP contribution in [0.15, 0.2) is 24.3 Å². The summed E-state index contributed by atoms with van der Waals surface area (Å²) in [7, 11) is 0. The van der Waals surface area contributed by atoms with Gasteiger partial charge < -0.3 is 15.8 Å². The Labute approximate surface area is 139 Å². The van der Waals surface area contributed by atoms with Crippen molar-refractivity contribution in [1.29, 1.82) is 0 Å². The first kappa shape index (κ1) is 18.8. The minimum absolute atomic E-state index is 0. The molecule has 0 aliphatic heterocycles. The SMILES string of the molecule is CCCCCOc1ccc(C(=O)NC(CN)C2CC2)cc1.Cl. The van der Waals surface area contributed by atoms with Gasteiger partial charge in [-0.3, -0.25) is 4.79 Å². The molecule has 3 N–H and O–H groups in total. The highest BCUT2D eigenvalue weighted by molar-refractivity contribution is 5.94. The molecule has 1 aromatic carbocycles. The van der Waals surface area contributed by atoms with Crippen LogP contribution in [0.5, 0.6) is 5.75 Å². The average molecular weight is 327 g/mol. The van der Waals surface area contributed by atoms with Gasteiger partial charge in [0.05, 0.1) is 6.61 Å². The Bertz CT molecular complexity index is 446. The number of nitrogens with one attached hydrogen (secondary N) is 1. The summed E-state index contributed by atoms with van der Waals surface area (Å²) in [6.07, 6.45) is 5.78. The molecule has 1 aromatic rings. The van der Waals surface area contributed by atoms with Gasteiger partial charge in [0, 0.05) is 18.2 Å². The van der Waals surface area contributed by atoms with Gasteiger partial charge >= 0.3 is 0 Å². The summed E-state index contributed by atoms with van der Waals surface area (Å²) < 4.78 is 5.64. The molecule has 0 bridgehead atoms. The molecule has 0 aromatic heterocycles. The van der Waals surface area contributed by atoms with Crippen molar-refractivity contribution in [2.45, 2.75) is 45.1 Å². The number of carbonyl (C=O) groups is 1. The number of amides is 1. The molecule has 1 saturated carbocycles. The lowest BCUT2D eigenvalue weighted by Gasteiger charge is -2.16. The summed E-state index contributed by atoms with van der Waals surface area (Å²) in [4.78, 5) is 12.1. The van der Waals surface area contributed by atoms with E-state index < -0.39 is 0 Å². The maximum Gasteiger partial charge on any atom is 0.251 e. The number of nitrogens with two attached hydrogens (primary N) is 1. The Morgan fingerprint density at radius 3 is 2.55 bits per heavy atom. The van der Waals surface area contributed by atoms with Gasteiger partial charge in [0.25, 0.3) is 5.91 Å². The second-order valence-corrected chi connectivity index (χ2v) is 5.73. The van der Waals surface area contributed by atoms with Crippen molar-refractivity contribution in [2.24, 2.45) is 11.7 Å². The van der Waals surface area contributed by atoms with Crippen molar-refractivity contribution in [3.8, 4) is 5.75 Å². The van der Waals surface area contributed by atoms with Crippen molar-refractivity contribution < 1.29 is 9.53 Å². The standard InChI is InChI=1S/C17H26N2O2.ClH/c1-2-3-4-11-21-15-9-7-14(8-10-15)17(20)19-16(12-18)13-5-6-13;/h7-10,13,16H,2-6,11-12,18H2,1H3,(H,19,20);1H. The molecule has 4 nitrogen and oxygen atoms in total. The zero-order valence-electron chi connectivity index (χ0n) is 13.2. The lowest BCUT2D eigenvalue weighted by atomic mass is 10.1. The van der Waals surface area contributed by atoms with E-state index >= 15 is 0 Å². The van der Waals surface area contributed by atoms with E-state index in [1.54, 1.807) is 0 Å². The molecule has 0 spiro atoms. The van der Waals surface area contributed by atoms with Crippen molar-refractivity contribution in [3.05, 3.63) is 29.8 Å². The molecule has 1 aliphatic carbocycles. The van der Waals surface area contributed by atoms with Gasteiger partial charge in [-0.05, 0) is 49.4 Å². The smallest absolute Gasteiger partial charge is 0.251 e. The molecule has 2 rings (SSSR count). The summed E-state index contributed by atoms with van der Waals surface area (Å²) in [5.74, 6) is 1.34. The summed E-state index contributed by atoms with van der Waals surface area (Å²) in [5.41, 5.74) is 6.37. The third kappa shape index (κ3) is 5.85. The van der Waals surface area contributed by atoms with Crippen molar-refractivity contribution in [1.82, 2.24) is 5.32 Å². The Morgan fingerprint density at radius 2 is 2.00 bits per heavy atom.